The molecule has 0 radical (unpaired) electrons. The second-order valence-electron chi connectivity index (χ2n) is 4.78. The van der Waals surface area contributed by atoms with Crippen molar-refractivity contribution >= 4 is 5.69 Å². The average molecular weight is 259 g/mol. The van der Waals surface area contributed by atoms with Crippen molar-refractivity contribution < 1.29 is 17.9 Å². The Bertz CT molecular complexity index is 411. The van der Waals surface area contributed by atoms with Gasteiger partial charge in [0.1, 0.15) is 0 Å². The number of ether oxygens (including phenoxy) is 1. The fraction of sp³-hybridized carbons (Fsp3) is 0.538. The molecular formula is C13H16F3NO. The molecule has 2 rings (SSSR count). The van der Waals surface area contributed by atoms with Crippen molar-refractivity contribution in [3.63, 3.8) is 0 Å². The lowest BCUT2D eigenvalue weighted by atomic mass is 10.1. The van der Waals surface area contributed by atoms with Crippen LogP contribution < -0.4 is 10.1 Å². The summed E-state index contributed by atoms with van der Waals surface area (Å²) < 4.78 is 41.4. The van der Waals surface area contributed by atoms with E-state index in [1.165, 1.54) is 12.1 Å². The van der Waals surface area contributed by atoms with E-state index in [-0.39, 0.29) is 0 Å². The van der Waals surface area contributed by atoms with Crippen LogP contribution in [0.5, 0.6) is 5.75 Å². The minimum atomic E-state index is -3.01. The summed E-state index contributed by atoms with van der Waals surface area (Å²) in [5.74, 6) is -0.518. The molecular weight excluding hydrogens is 243 g/mol. The van der Waals surface area contributed by atoms with Crippen LogP contribution in [0, 0.1) is 11.7 Å². The van der Waals surface area contributed by atoms with E-state index in [0.717, 1.165) is 19.3 Å². The van der Waals surface area contributed by atoms with Gasteiger partial charge in [0, 0.05) is 17.8 Å². The molecule has 1 aromatic rings. The van der Waals surface area contributed by atoms with Crippen LogP contribution >= 0.6 is 0 Å². The SMILES string of the molecule is CC1CCC(Nc2ccc(OC(F)F)c(F)c2)C1. The highest BCUT2D eigenvalue weighted by molar-refractivity contribution is 5.48. The zero-order chi connectivity index (χ0) is 13.1. The van der Waals surface area contributed by atoms with Crippen LogP contribution in [0.4, 0.5) is 18.9 Å². The number of hydrogen-bond donors (Lipinski definition) is 1. The summed E-state index contributed by atoms with van der Waals surface area (Å²) in [7, 11) is 0. The first-order valence-corrected chi connectivity index (χ1v) is 6.05. The molecule has 0 bridgehead atoms. The molecule has 0 aromatic heterocycles. The van der Waals surface area contributed by atoms with Gasteiger partial charge < -0.3 is 10.1 Å². The molecule has 2 nitrogen and oxygen atoms in total. The molecule has 0 saturated heterocycles. The summed E-state index contributed by atoms with van der Waals surface area (Å²) in [6.45, 7) is -0.823. The van der Waals surface area contributed by atoms with E-state index >= 15 is 0 Å². The van der Waals surface area contributed by atoms with Crippen LogP contribution in [0.25, 0.3) is 0 Å². The Morgan fingerprint density at radius 2 is 2.11 bits per heavy atom. The predicted molar refractivity (Wildman–Crippen MR) is 63.5 cm³/mol. The fourth-order valence-corrected chi connectivity index (χ4v) is 2.36. The summed E-state index contributed by atoms with van der Waals surface area (Å²) in [5.41, 5.74) is 0.605. The summed E-state index contributed by atoms with van der Waals surface area (Å²) in [4.78, 5) is 0. The third kappa shape index (κ3) is 3.31. The average Bonchev–Trinajstić information content (AvgIpc) is 2.68. The van der Waals surface area contributed by atoms with Crippen molar-refractivity contribution in [2.24, 2.45) is 5.92 Å². The Kier molecular flexibility index (Phi) is 3.99. The standard InChI is InChI=1S/C13H16F3NO/c1-8-2-3-9(6-8)17-10-4-5-12(11(14)7-10)18-13(15)16/h4-5,7-9,13,17H,2-3,6H2,1H3. The van der Waals surface area contributed by atoms with Gasteiger partial charge in [-0.25, -0.2) is 4.39 Å². The van der Waals surface area contributed by atoms with Gasteiger partial charge in [0.25, 0.3) is 0 Å². The third-order valence-corrected chi connectivity index (χ3v) is 3.21. The lowest BCUT2D eigenvalue weighted by Gasteiger charge is -2.15. The van der Waals surface area contributed by atoms with E-state index < -0.39 is 18.2 Å². The second-order valence-corrected chi connectivity index (χ2v) is 4.78. The minimum Gasteiger partial charge on any atom is -0.432 e. The highest BCUT2D eigenvalue weighted by Crippen LogP contribution is 2.29. The quantitative estimate of drug-likeness (QED) is 0.881. The molecule has 0 amide bonds. The molecule has 18 heavy (non-hydrogen) atoms. The lowest BCUT2D eigenvalue weighted by molar-refractivity contribution is -0.0521. The Labute approximate surface area is 104 Å². The van der Waals surface area contributed by atoms with Gasteiger partial charge in [0.2, 0.25) is 0 Å². The highest BCUT2D eigenvalue weighted by atomic mass is 19.3. The van der Waals surface area contributed by atoms with E-state index in [2.05, 4.69) is 17.0 Å². The summed E-state index contributed by atoms with van der Waals surface area (Å²) in [5, 5.41) is 3.21. The second kappa shape index (κ2) is 5.50. The topological polar surface area (TPSA) is 21.3 Å². The molecule has 1 aromatic carbocycles. The van der Waals surface area contributed by atoms with Crippen LogP contribution in [0.2, 0.25) is 0 Å². The first-order chi connectivity index (χ1) is 8.54. The zero-order valence-electron chi connectivity index (χ0n) is 10.1. The summed E-state index contributed by atoms with van der Waals surface area (Å²) in [6.07, 6.45) is 3.27. The Morgan fingerprint density at radius 1 is 1.33 bits per heavy atom. The predicted octanol–water partition coefficient (Wildman–Crippen LogP) is 4.03. The number of benzene rings is 1. The molecule has 0 spiro atoms. The van der Waals surface area contributed by atoms with Crippen LogP contribution in [0.3, 0.4) is 0 Å². The van der Waals surface area contributed by atoms with Gasteiger partial charge in [0.15, 0.2) is 11.6 Å². The van der Waals surface area contributed by atoms with Crippen LogP contribution in [-0.2, 0) is 0 Å². The maximum absolute atomic E-state index is 13.5. The number of alkyl halides is 2. The fourth-order valence-electron chi connectivity index (χ4n) is 2.36. The van der Waals surface area contributed by atoms with Gasteiger partial charge in [-0.05, 0) is 37.3 Å². The van der Waals surface area contributed by atoms with Gasteiger partial charge in [-0.3, -0.25) is 0 Å². The number of nitrogens with one attached hydrogen (secondary N) is 1. The Hall–Kier alpha value is -1.39. The monoisotopic (exact) mass is 259 g/mol. The van der Waals surface area contributed by atoms with Gasteiger partial charge >= 0.3 is 6.61 Å². The molecule has 2 atom stereocenters. The van der Waals surface area contributed by atoms with E-state index in [0.29, 0.717) is 17.6 Å². The van der Waals surface area contributed by atoms with E-state index in [1.54, 1.807) is 6.07 Å². The molecule has 1 saturated carbocycles. The van der Waals surface area contributed by atoms with E-state index in [1.807, 2.05) is 0 Å². The van der Waals surface area contributed by atoms with Gasteiger partial charge in [-0.2, -0.15) is 8.78 Å². The van der Waals surface area contributed by atoms with Crippen LogP contribution in [0.1, 0.15) is 26.2 Å². The van der Waals surface area contributed by atoms with E-state index in [4.69, 9.17) is 0 Å². The molecule has 0 aliphatic heterocycles. The first kappa shape index (κ1) is 13.1. The Balaban J connectivity index is 2.00. The number of rotatable bonds is 4. The zero-order valence-corrected chi connectivity index (χ0v) is 10.1. The molecule has 5 heteroatoms. The summed E-state index contributed by atoms with van der Waals surface area (Å²) >= 11 is 0. The molecule has 2 unspecified atom stereocenters. The lowest BCUT2D eigenvalue weighted by Crippen LogP contribution is -2.15. The van der Waals surface area contributed by atoms with E-state index in [9.17, 15) is 13.2 Å². The number of anilines is 1. The molecule has 1 aliphatic rings. The van der Waals surface area contributed by atoms with Gasteiger partial charge in [0.05, 0.1) is 0 Å². The first-order valence-electron chi connectivity index (χ1n) is 6.05. The van der Waals surface area contributed by atoms with Crippen molar-refractivity contribution in [1.29, 1.82) is 0 Å². The number of hydrogen-bond acceptors (Lipinski definition) is 2. The maximum atomic E-state index is 13.5. The maximum Gasteiger partial charge on any atom is 0.387 e. The van der Waals surface area contributed by atoms with Crippen molar-refractivity contribution in [3.05, 3.63) is 24.0 Å². The number of halogens is 3. The smallest absolute Gasteiger partial charge is 0.387 e. The van der Waals surface area contributed by atoms with Gasteiger partial charge in [-0.15, -0.1) is 0 Å². The van der Waals surface area contributed by atoms with Gasteiger partial charge in [-0.1, -0.05) is 6.92 Å². The normalized spacial score (nSPS) is 23.4. The molecule has 1 N–H and O–H groups in total. The van der Waals surface area contributed by atoms with Crippen molar-refractivity contribution in [3.8, 4) is 5.75 Å². The summed E-state index contributed by atoms with van der Waals surface area (Å²) in [6, 6.07) is 4.31. The van der Waals surface area contributed by atoms with Crippen LogP contribution in [-0.4, -0.2) is 12.7 Å². The van der Waals surface area contributed by atoms with Crippen molar-refractivity contribution in [2.45, 2.75) is 38.8 Å². The molecule has 1 aliphatic carbocycles. The molecule has 1 fully saturated rings. The molecule has 100 valence electrons. The van der Waals surface area contributed by atoms with Crippen molar-refractivity contribution in [1.82, 2.24) is 0 Å². The van der Waals surface area contributed by atoms with Crippen molar-refractivity contribution in [2.75, 3.05) is 5.32 Å². The highest BCUT2D eigenvalue weighted by Gasteiger charge is 2.21. The minimum absolute atomic E-state index is 0.335. The Morgan fingerprint density at radius 3 is 2.67 bits per heavy atom. The largest absolute Gasteiger partial charge is 0.432 e. The van der Waals surface area contributed by atoms with Crippen LogP contribution in [0.15, 0.2) is 18.2 Å². The molecule has 0 heterocycles. The third-order valence-electron chi connectivity index (χ3n) is 3.21.